The van der Waals surface area contributed by atoms with E-state index in [1.807, 2.05) is 11.3 Å². The third kappa shape index (κ3) is 4.58. The van der Waals surface area contributed by atoms with Gasteiger partial charge in [-0.1, -0.05) is 130 Å². The van der Waals surface area contributed by atoms with E-state index in [1.54, 1.807) is 5.57 Å². The molecule has 232 valence electrons. The van der Waals surface area contributed by atoms with Crippen LogP contribution in [0, 0.1) is 5.92 Å². The van der Waals surface area contributed by atoms with Crippen molar-refractivity contribution in [2.75, 3.05) is 4.90 Å². The van der Waals surface area contributed by atoms with Crippen LogP contribution in [-0.2, 0) is 11.8 Å². The lowest BCUT2D eigenvalue weighted by Crippen LogP contribution is -2.24. The predicted octanol–water partition coefficient (Wildman–Crippen LogP) is 13.0. The highest BCUT2D eigenvalue weighted by atomic mass is 32.1. The first-order valence-corrected chi connectivity index (χ1v) is 17.8. The van der Waals surface area contributed by atoms with Gasteiger partial charge in [-0.25, -0.2) is 0 Å². The van der Waals surface area contributed by atoms with E-state index >= 15 is 0 Å². The molecule has 0 fully saturated rings. The van der Waals surface area contributed by atoms with E-state index in [4.69, 9.17) is 0 Å². The van der Waals surface area contributed by atoms with Crippen molar-refractivity contribution in [1.29, 1.82) is 0 Å². The summed E-state index contributed by atoms with van der Waals surface area (Å²) in [4.78, 5) is 3.90. The van der Waals surface area contributed by atoms with E-state index in [1.165, 1.54) is 65.2 Å². The number of hydrogen-bond donors (Lipinski definition) is 0. The van der Waals surface area contributed by atoms with Crippen molar-refractivity contribution in [1.82, 2.24) is 0 Å². The first-order chi connectivity index (χ1) is 23.5. The zero-order valence-electron chi connectivity index (χ0n) is 27.6. The second-order valence-electron chi connectivity index (χ2n) is 13.8. The Hall–Kier alpha value is -5.18. The molecule has 1 heterocycles. The topological polar surface area (TPSA) is 3.24 Å². The van der Waals surface area contributed by atoms with E-state index < -0.39 is 0 Å². The fourth-order valence-corrected chi connectivity index (χ4v) is 9.65. The molecule has 9 rings (SSSR count). The van der Waals surface area contributed by atoms with Gasteiger partial charge in [-0.15, -0.1) is 11.3 Å². The minimum atomic E-state index is -0.0615. The smallest absolute Gasteiger partial charge is 0.0465 e. The number of nitrogens with zero attached hydrogens (tertiary/aromatic N) is 1. The largest absolute Gasteiger partial charge is 0.310 e. The quantitative estimate of drug-likeness (QED) is 0.182. The molecule has 2 aliphatic rings. The number of thiophene rings is 1. The Kier molecular flexibility index (Phi) is 6.78. The Morgan fingerprint density at radius 3 is 1.71 bits per heavy atom. The first kappa shape index (κ1) is 29.0. The summed E-state index contributed by atoms with van der Waals surface area (Å²) in [5.41, 5.74) is 15.8. The normalized spacial score (nSPS) is 16.0. The Morgan fingerprint density at radius 2 is 1.10 bits per heavy atom. The summed E-state index contributed by atoms with van der Waals surface area (Å²) in [6.07, 6.45) is 1.11. The van der Waals surface area contributed by atoms with Crippen LogP contribution in [0.5, 0.6) is 0 Å². The summed E-state index contributed by atoms with van der Waals surface area (Å²) in [6.45, 7) is 7.33. The molecule has 0 radical (unpaired) electrons. The fraction of sp³-hybridized carbons (Fsp3) is 0.130. The van der Waals surface area contributed by atoms with Gasteiger partial charge in [-0.3, -0.25) is 0 Å². The van der Waals surface area contributed by atoms with Crippen LogP contribution < -0.4 is 4.90 Å². The van der Waals surface area contributed by atoms with E-state index in [-0.39, 0.29) is 5.41 Å². The summed E-state index contributed by atoms with van der Waals surface area (Å²) in [6, 6.07) is 55.5. The van der Waals surface area contributed by atoms with Gasteiger partial charge >= 0.3 is 0 Å². The lowest BCUT2D eigenvalue weighted by Gasteiger charge is -2.32. The average molecular weight is 636 g/mol. The van der Waals surface area contributed by atoms with Crippen molar-refractivity contribution in [3.8, 4) is 22.3 Å². The van der Waals surface area contributed by atoms with Crippen LogP contribution in [0.1, 0.15) is 42.3 Å². The van der Waals surface area contributed by atoms with E-state index in [2.05, 4.69) is 177 Å². The summed E-state index contributed by atoms with van der Waals surface area (Å²) >= 11 is 1.98. The maximum Gasteiger partial charge on any atom is 0.0465 e. The van der Waals surface area contributed by atoms with Gasteiger partial charge in [0.05, 0.1) is 0 Å². The Morgan fingerprint density at radius 1 is 0.583 bits per heavy atom. The third-order valence-corrected chi connectivity index (χ3v) is 11.8. The number of hydrogen-bond acceptors (Lipinski definition) is 2. The third-order valence-electron chi connectivity index (χ3n) is 10.5. The van der Waals surface area contributed by atoms with Gasteiger partial charge in [-0.05, 0) is 110 Å². The maximum atomic E-state index is 2.48. The molecule has 2 aliphatic carbocycles. The van der Waals surface area contributed by atoms with Crippen LogP contribution in [0.25, 0.3) is 37.9 Å². The highest BCUT2D eigenvalue weighted by Gasteiger charge is 2.44. The van der Waals surface area contributed by atoms with Crippen molar-refractivity contribution in [2.45, 2.75) is 32.6 Å². The average Bonchev–Trinajstić information content (AvgIpc) is 3.62. The van der Waals surface area contributed by atoms with Gasteiger partial charge in [0.15, 0.2) is 0 Å². The summed E-state index contributed by atoms with van der Waals surface area (Å²) in [7, 11) is 0. The van der Waals surface area contributed by atoms with E-state index in [9.17, 15) is 0 Å². The van der Waals surface area contributed by atoms with Crippen LogP contribution in [0.15, 0.2) is 157 Å². The number of allylic oxidation sites excluding steroid dienone is 1. The summed E-state index contributed by atoms with van der Waals surface area (Å²) in [5.74, 6) is 0.489. The molecule has 0 saturated carbocycles. The van der Waals surface area contributed by atoms with Crippen LogP contribution in [-0.4, -0.2) is 0 Å². The molecule has 2 heteroatoms. The summed E-state index contributed by atoms with van der Waals surface area (Å²) < 4.78 is 1.40. The minimum Gasteiger partial charge on any atom is -0.310 e. The zero-order chi connectivity index (χ0) is 32.4. The standard InChI is InChI=1S/C46H37NS/c1-30-28-40-38-16-10-11-17-42(38)48-45(40)43-39-27-26-37(29-41(39)46(2,3)44(30)43)47(35-22-18-33(19-23-35)31-12-6-4-7-13-31)36-24-20-34(21-25-36)32-14-8-5-9-15-32/h4-27,29-30H,28H2,1-3H3. The van der Waals surface area contributed by atoms with E-state index in [0.717, 1.165) is 17.8 Å². The number of fused-ring (bicyclic) bond motifs is 6. The molecule has 48 heavy (non-hydrogen) atoms. The van der Waals surface area contributed by atoms with E-state index in [0.29, 0.717) is 5.92 Å². The van der Waals surface area contributed by atoms with Crippen LogP contribution in [0.2, 0.25) is 0 Å². The van der Waals surface area contributed by atoms with Crippen LogP contribution in [0.3, 0.4) is 0 Å². The highest BCUT2D eigenvalue weighted by molar-refractivity contribution is 7.20. The first-order valence-electron chi connectivity index (χ1n) is 17.0. The van der Waals surface area contributed by atoms with Crippen LogP contribution in [0.4, 0.5) is 17.1 Å². The molecule has 1 atom stereocenters. The Bertz CT molecular complexity index is 2240. The number of anilines is 3. The number of benzene rings is 6. The molecule has 1 aromatic heterocycles. The number of rotatable bonds is 5. The molecular weight excluding hydrogens is 599 g/mol. The summed E-state index contributed by atoms with van der Waals surface area (Å²) in [5, 5.41) is 1.43. The molecule has 0 N–H and O–H groups in total. The minimum absolute atomic E-state index is 0.0615. The molecule has 0 bridgehead atoms. The fourth-order valence-electron chi connectivity index (χ4n) is 8.34. The van der Waals surface area contributed by atoms with Gasteiger partial charge in [0, 0.05) is 32.1 Å². The molecule has 6 aromatic carbocycles. The molecular formula is C46H37NS. The van der Waals surface area contributed by atoms with Gasteiger partial charge in [-0.2, -0.15) is 0 Å². The molecule has 1 nitrogen and oxygen atoms in total. The van der Waals surface area contributed by atoms with Gasteiger partial charge < -0.3 is 4.90 Å². The van der Waals surface area contributed by atoms with Crippen molar-refractivity contribution in [2.24, 2.45) is 5.92 Å². The Balaban J connectivity index is 1.17. The van der Waals surface area contributed by atoms with Crippen LogP contribution >= 0.6 is 11.3 Å². The maximum absolute atomic E-state index is 2.48. The predicted molar refractivity (Wildman–Crippen MR) is 206 cm³/mol. The van der Waals surface area contributed by atoms with Crippen molar-refractivity contribution < 1.29 is 0 Å². The molecule has 0 spiro atoms. The highest BCUT2D eigenvalue weighted by Crippen LogP contribution is 2.58. The van der Waals surface area contributed by atoms with Gasteiger partial charge in [0.2, 0.25) is 0 Å². The molecule has 0 amide bonds. The SMILES string of the molecule is CC1Cc2c(sc3ccccc23)C2=C1C(C)(C)c1cc(N(c3ccc(-c4ccccc4)cc3)c3ccc(-c4ccccc4)cc3)ccc12. The van der Waals surface area contributed by atoms with Gasteiger partial charge in [0.25, 0.3) is 0 Å². The lowest BCUT2D eigenvalue weighted by molar-refractivity contribution is 0.525. The van der Waals surface area contributed by atoms with Crippen molar-refractivity contribution >= 4 is 44.1 Å². The molecule has 0 saturated heterocycles. The second-order valence-corrected chi connectivity index (χ2v) is 14.9. The lowest BCUT2D eigenvalue weighted by atomic mass is 9.72. The monoisotopic (exact) mass is 635 g/mol. The van der Waals surface area contributed by atoms with Crippen molar-refractivity contribution in [3.63, 3.8) is 0 Å². The van der Waals surface area contributed by atoms with Gasteiger partial charge in [0.1, 0.15) is 0 Å². The molecule has 7 aromatic rings. The second kappa shape index (κ2) is 11.2. The zero-order valence-corrected chi connectivity index (χ0v) is 28.4. The molecule has 0 aliphatic heterocycles. The Labute approximate surface area is 287 Å². The van der Waals surface area contributed by atoms with Crippen molar-refractivity contribution in [3.05, 3.63) is 179 Å². The molecule has 1 unspecified atom stereocenters.